The van der Waals surface area contributed by atoms with E-state index >= 15 is 0 Å². The Hall–Kier alpha value is -3.68. The summed E-state index contributed by atoms with van der Waals surface area (Å²) in [6.07, 6.45) is 3.08. The fourth-order valence-corrected chi connectivity index (χ4v) is 3.09. The minimum atomic E-state index is -0.556. The molecule has 0 spiro atoms. The van der Waals surface area contributed by atoms with Crippen LogP contribution in [0.3, 0.4) is 0 Å². The molecule has 2 N–H and O–H groups in total. The second kappa shape index (κ2) is 11.8. The molecule has 8 heteroatoms. The van der Waals surface area contributed by atoms with Crippen LogP contribution in [0.1, 0.15) is 39.2 Å². The van der Waals surface area contributed by atoms with Gasteiger partial charge in [-0.3, -0.25) is 4.79 Å². The van der Waals surface area contributed by atoms with Crippen LogP contribution in [-0.2, 0) is 16.0 Å². The number of halogens is 1. The number of rotatable bonds is 11. The molecule has 2 aromatic carbocycles. The maximum absolute atomic E-state index is 14.3. The summed E-state index contributed by atoms with van der Waals surface area (Å²) in [5, 5.41) is 6.05. The molecule has 7 nitrogen and oxygen atoms in total. The lowest BCUT2D eigenvalue weighted by Crippen LogP contribution is -2.05. The molecule has 33 heavy (non-hydrogen) atoms. The Kier molecular flexibility index (Phi) is 8.57. The molecule has 3 aromatic rings. The fraction of sp³-hybridized carbons (Fsp3) is 0.320. The summed E-state index contributed by atoms with van der Waals surface area (Å²) in [6, 6.07) is 15.0. The number of ether oxygens (including phenoxy) is 2. The molecular formula is C25H29FN4O3. The summed E-state index contributed by atoms with van der Waals surface area (Å²) in [4.78, 5) is 19.7. The van der Waals surface area contributed by atoms with Crippen LogP contribution < -0.4 is 15.4 Å². The lowest BCUT2D eigenvalue weighted by atomic mass is 10.1. The minimum absolute atomic E-state index is 0.0716. The van der Waals surface area contributed by atoms with Crippen molar-refractivity contribution in [2.24, 2.45) is 0 Å². The number of nitrogens with one attached hydrogen (secondary N) is 2. The van der Waals surface area contributed by atoms with E-state index < -0.39 is 5.82 Å². The molecule has 0 radical (unpaired) electrons. The zero-order valence-corrected chi connectivity index (χ0v) is 19.1. The molecule has 0 bridgehead atoms. The van der Waals surface area contributed by atoms with Gasteiger partial charge in [0, 0.05) is 17.8 Å². The number of nitrogens with zero attached hydrogens (tertiary/aromatic N) is 2. The van der Waals surface area contributed by atoms with Crippen molar-refractivity contribution < 1.29 is 18.7 Å². The summed E-state index contributed by atoms with van der Waals surface area (Å²) >= 11 is 0. The van der Waals surface area contributed by atoms with Crippen molar-refractivity contribution in [3.8, 4) is 5.75 Å². The van der Waals surface area contributed by atoms with Gasteiger partial charge in [-0.2, -0.15) is 4.98 Å². The minimum Gasteiger partial charge on any atom is -0.491 e. The molecule has 0 atom stereocenters. The van der Waals surface area contributed by atoms with Crippen LogP contribution in [0.4, 0.5) is 27.5 Å². The number of hydrogen-bond donors (Lipinski definition) is 2. The van der Waals surface area contributed by atoms with E-state index in [1.54, 1.807) is 6.92 Å². The van der Waals surface area contributed by atoms with E-state index in [0.717, 1.165) is 29.6 Å². The highest BCUT2D eigenvalue weighted by atomic mass is 19.1. The van der Waals surface area contributed by atoms with E-state index in [-0.39, 0.29) is 23.8 Å². The molecule has 0 aliphatic carbocycles. The predicted molar refractivity (Wildman–Crippen MR) is 127 cm³/mol. The first-order valence-electron chi connectivity index (χ1n) is 11.0. The highest BCUT2D eigenvalue weighted by molar-refractivity contribution is 5.69. The summed E-state index contributed by atoms with van der Waals surface area (Å²) < 4.78 is 24.8. The van der Waals surface area contributed by atoms with Crippen LogP contribution in [0, 0.1) is 5.82 Å². The molecular weight excluding hydrogens is 423 g/mol. The third-order valence-corrected chi connectivity index (χ3v) is 4.59. The van der Waals surface area contributed by atoms with Gasteiger partial charge in [0.2, 0.25) is 5.95 Å². The molecule has 3 rings (SSSR count). The Bertz CT molecular complexity index is 1040. The van der Waals surface area contributed by atoms with E-state index in [0.29, 0.717) is 25.1 Å². The van der Waals surface area contributed by atoms with Gasteiger partial charge in [0.1, 0.15) is 5.75 Å². The third kappa shape index (κ3) is 7.75. The summed E-state index contributed by atoms with van der Waals surface area (Å²) in [5.74, 6) is 0.371. The number of aryl methyl sites for hydroxylation is 1. The Morgan fingerprint density at radius 2 is 1.70 bits per heavy atom. The van der Waals surface area contributed by atoms with Gasteiger partial charge in [-0.1, -0.05) is 12.1 Å². The number of carbonyl (C=O) groups excluding carboxylic acids is 1. The first-order valence-corrected chi connectivity index (χ1v) is 11.0. The number of benzene rings is 2. The SMILES string of the molecule is CCOC(=O)CCCc1ccc(Nc2nc(Nc3ccc(OC(C)C)cc3)ncc2F)cc1. The second-order valence-corrected chi connectivity index (χ2v) is 7.69. The molecule has 1 heterocycles. The number of carbonyl (C=O) groups is 1. The zero-order valence-electron chi connectivity index (χ0n) is 19.1. The van der Waals surface area contributed by atoms with Crippen molar-refractivity contribution in [3.63, 3.8) is 0 Å². The molecule has 174 valence electrons. The van der Waals surface area contributed by atoms with E-state index in [4.69, 9.17) is 9.47 Å². The quantitative estimate of drug-likeness (QED) is 0.357. The van der Waals surface area contributed by atoms with Crippen LogP contribution in [-0.4, -0.2) is 28.6 Å². The Morgan fingerprint density at radius 1 is 1.03 bits per heavy atom. The zero-order chi connectivity index (χ0) is 23.6. The maximum Gasteiger partial charge on any atom is 0.305 e. The van der Waals surface area contributed by atoms with E-state index in [1.807, 2.05) is 62.4 Å². The van der Waals surface area contributed by atoms with Gasteiger partial charge in [-0.05, 0) is 75.6 Å². The van der Waals surface area contributed by atoms with E-state index in [2.05, 4.69) is 20.6 Å². The number of esters is 1. The third-order valence-electron chi connectivity index (χ3n) is 4.59. The van der Waals surface area contributed by atoms with Crippen molar-refractivity contribution in [1.29, 1.82) is 0 Å². The monoisotopic (exact) mass is 452 g/mol. The predicted octanol–water partition coefficient (Wildman–Crippen LogP) is 5.78. The maximum atomic E-state index is 14.3. The Balaban J connectivity index is 1.58. The average molecular weight is 453 g/mol. The Labute approximate surface area is 193 Å². The fourth-order valence-electron chi connectivity index (χ4n) is 3.09. The number of hydrogen-bond acceptors (Lipinski definition) is 7. The molecule has 1 aromatic heterocycles. The lowest BCUT2D eigenvalue weighted by molar-refractivity contribution is -0.143. The largest absolute Gasteiger partial charge is 0.491 e. The number of anilines is 4. The average Bonchev–Trinajstić information content (AvgIpc) is 2.78. The standard InChI is InChI=1S/C25H29FN4O3/c1-4-32-23(31)7-5-6-18-8-10-19(11-9-18)28-24-22(26)16-27-25(30-24)29-20-12-14-21(15-13-20)33-17(2)3/h8-17H,4-7H2,1-3H3,(H2,27,28,29,30). The summed E-state index contributed by atoms with van der Waals surface area (Å²) in [5.41, 5.74) is 2.54. The van der Waals surface area contributed by atoms with Crippen molar-refractivity contribution in [1.82, 2.24) is 9.97 Å². The van der Waals surface area contributed by atoms with Crippen LogP contribution in [0.15, 0.2) is 54.7 Å². The molecule has 0 amide bonds. The topological polar surface area (TPSA) is 85.4 Å². The highest BCUT2D eigenvalue weighted by Crippen LogP contribution is 2.23. The van der Waals surface area contributed by atoms with Crippen molar-refractivity contribution in [2.75, 3.05) is 17.2 Å². The van der Waals surface area contributed by atoms with Gasteiger partial charge >= 0.3 is 5.97 Å². The van der Waals surface area contributed by atoms with Crippen molar-refractivity contribution in [2.45, 2.75) is 46.1 Å². The lowest BCUT2D eigenvalue weighted by Gasteiger charge is -2.12. The van der Waals surface area contributed by atoms with Crippen LogP contribution in [0.25, 0.3) is 0 Å². The molecule has 0 unspecified atom stereocenters. The van der Waals surface area contributed by atoms with Gasteiger partial charge in [-0.25, -0.2) is 9.37 Å². The van der Waals surface area contributed by atoms with Crippen LogP contribution in [0.2, 0.25) is 0 Å². The number of aromatic nitrogens is 2. The van der Waals surface area contributed by atoms with Gasteiger partial charge < -0.3 is 20.1 Å². The van der Waals surface area contributed by atoms with E-state index in [1.165, 1.54) is 0 Å². The first-order chi connectivity index (χ1) is 15.9. The normalized spacial score (nSPS) is 10.7. The van der Waals surface area contributed by atoms with Gasteiger partial charge in [0.05, 0.1) is 18.9 Å². The van der Waals surface area contributed by atoms with Crippen LogP contribution in [0.5, 0.6) is 5.75 Å². The molecule has 0 fully saturated rings. The van der Waals surface area contributed by atoms with Gasteiger partial charge in [0.25, 0.3) is 0 Å². The summed E-state index contributed by atoms with van der Waals surface area (Å²) in [6.45, 7) is 6.12. The molecule has 0 aliphatic heterocycles. The van der Waals surface area contributed by atoms with Crippen LogP contribution >= 0.6 is 0 Å². The van der Waals surface area contributed by atoms with E-state index in [9.17, 15) is 9.18 Å². The second-order valence-electron chi connectivity index (χ2n) is 7.69. The highest BCUT2D eigenvalue weighted by Gasteiger charge is 2.09. The molecule has 0 aliphatic rings. The smallest absolute Gasteiger partial charge is 0.305 e. The molecule has 0 saturated carbocycles. The molecule has 0 saturated heterocycles. The van der Waals surface area contributed by atoms with Gasteiger partial charge in [-0.15, -0.1) is 0 Å². The first kappa shape index (κ1) is 24.0. The summed E-state index contributed by atoms with van der Waals surface area (Å²) in [7, 11) is 0. The van der Waals surface area contributed by atoms with Gasteiger partial charge in [0.15, 0.2) is 11.6 Å². The van der Waals surface area contributed by atoms with Crippen molar-refractivity contribution >= 4 is 29.1 Å². The van der Waals surface area contributed by atoms with Crippen molar-refractivity contribution in [3.05, 3.63) is 66.1 Å². The Morgan fingerprint density at radius 3 is 2.36 bits per heavy atom.